The van der Waals surface area contributed by atoms with Gasteiger partial charge in [0.15, 0.2) is 0 Å². The lowest BCUT2D eigenvalue weighted by molar-refractivity contribution is 0.420. The lowest BCUT2D eigenvalue weighted by atomic mass is 9.96. The number of nitrogen functional groups attached to an aromatic ring is 1. The summed E-state index contributed by atoms with van der Waals surface area (Å²) in [5.74, 6) is 0. The number of nitrogens with two attached hydrogens (primary N) is 1. The fourth-order valence-electron chi connectivity index (χ4n) is 2.43. The third kappa shape index (κ3) is 3.81. The van der Waals surface area contributed by atoms with Gasteiger partial charge in [-0.05, 0) is 50.1 Å². The van der Waals surface area contributed by atoms with Crippen molar-refractivity contribution in [1.82, 2.24) is 4.72 Å². The summed E-state index contributed by atoms with van der Waals surface area (Å²) in [7, 11) is -3.58. The van der Waals surface area contributed by atoms with Crippen LogP contribution in [-0.4, -0.2) is 26.0 Å². The quantitative estimate of drug-likeness (QED) is 0.830. The summed E-state index contributed by atoms with van der Waals surface area (Å²) >= 11 is 7.83. The molecule has 0 aromatic heterocycles. The van der Waals surface area contributed by atoms with Gasteiger partial charge in [-0.2, -0.15) is 11.8 Å². The number of hydrogen-bond donors (Lipinski definition) is 2. The van der Waals surface area contributed by atoms with Gasteiger partial charge in [-0.25, -0.2) is 13.1 Å². The molecule has 0 saturated heterocycles. The lowest BCUT2D eigenvalue weighted by Gasteiger charge is -2.27. The maximum absolute atomic E-state index is 12.3. The minimum atomic E-state index is -3.58. The van der Waals surface area contributed by atoms with Crippen LogP contribution < -0.4 is 10.5 Å². The lowest BCUT2D eigenvalue weighted by Crippen LogP contribution is -2.38. The van der Waals surface area contributed by atoms with Crippen molar-refractivity contribution < 1.29 is 8.42 Å². The Bertz CT molecular complexity index is 570. The van der Waals surface area contributed by atoms with Crippen molar-refractivity contribution in [2.45, 2.75) is 41.9 Å². The predicted octanol–water partition coefficient (Wildman–Crippen LogP) is 2.87. The number of anilines is 1. The average Bonchev–Trinajstić information content (AvgIpc) is 2.38. The van der Waals surface area contributed by atoms with Crippen LogP contribution in [0.25, 0.3) is 0 Å². The van der Waals surface area contributed by atoms with E-state index in [2.05, 4.69) is 11.0 Å². The molecule has 7 heteroatoms. The first-order chi connectivity index (χ1) is 9.42. The van der Waals surface area contributed by atoms with E-state index in [1.54, 1.807) is 6.07 Å². The van der Waals surface area contributed by atoms with Gasteiger partial charge < -0.3 is 5.73 Å². The van der Waals surface area contributed by atoms with E-state index in [0.29, 0.717) is 10.9 Å². The monoisotopic (exact) mass is 334 g/mol. The van der Waals surface area contributed by atoms with Gasteiger partial charge in [-0.3, -0.25) is 0 Å². The van der Waals surface area contributed by atoms with E-state index < -0.39 is 10.0 Å². The highest BCUT2D eigenvalue weighted by Crippen LogP contribution is 2.29. The van der Waals surface area contributed by atoms with Gasteiger partial charge in [0, 0.05) is 17.0 Å². The topological polar surface area (TPSA) is 72.2 Å². The Morgan fingerprint density at radius 2 is 1.95 bits per heavy atom. The fraction of sp³-hybridized carbons (Fsp3) is 0.538. The summed E-state index contributed by atoms with van der Waals surface area (Å²) in [4.78, 5) is 0.0976. The SMILES string of the molecule is CSC1CCC(NS(=O)(=O)c2ccc(N)cc2Cl)CC1. The van der Waals surface area contributed by atoms with Gasteiger partial charge in [0.05, 0.1) is 5.02 Å². The summed E-state index contributed by atoms with van der Waals surface area (Å²) in [5.41, 5.74) is 6.04. The molecule has 1 aliphatic rings. The van der Waals surface area contributed by atoms with Crippen LogP contribution in [0.4, 0.5) is 5.69 Å². The Balaban J connectivity index is 2.08. The van der Waals surface area contributed by atoms with Crippen molar-refractivity contribution in [3.8, 4) is 0 Å². The van der Waals surface area contributed by atoms with Crippen molar-refractivity contribution in [1.29, 1.82) is 0 Å². The summed E-state index contributed by atoms with van der Waals surface area (Å²) in [6, 6.07) is 4.45. The van der Waals surface area contributed by atoms with Crippen LogP contribution in [0.1, 0.15) is 25.7 Å². The Hall–Kier alpha value is -0.430. The first-order valence-electron chi connectivity index (χ1n) is 6.52. The van der Waals surface area contributed by atoms with E-state index in [-0.39, 0.29) is 16.0 Å². The molecule has 4 nitrogen and oxygen atoms in total. The minimum absolute atomic E-state index is 0.00276. The van der Waals surface area contributed by atoms with Crippen molar-refractivity contribution >= 4 is 39.1 Å². The second-order valence-corrected chi connectivity index (χ2v) is 8.25. The number of hydrogen-bond acceptors (Lipinski definition) is 4. The van der Waals surface area contributed by atoms with Crippen LogP contribution in [0.2, 0.25) is 5.02 Å². The smallest absolute Gasteiger partial charge is 0.242 e. The van der Waals surface area contributed by atoms with Crippen LogP contribution in [0.3, 0.4) is 0 Å². The highest BCUT2D eigenvalue weighted by molar-refractivity contribution is 7.99. The number of halogens is 1. The molecule has 0 aliphatic heterocycles. The molecule has 112 valence electrons. The average molecular weight is 335 g/mol. The first kappa shape index (κ1) is 15.9. The van der Waals surface area contributed by atoms with Gasteiger partial charge in [0.25, 0.3) is 0 Å². The maximum atomic E-state index is 12.3. The molecule has 0 bridgehead atoms. The fourth-order valence-corrected chi connectivity index (χ4v) is 5.04. The molecule has 20 heavy (non-hydrogen) atoms. The van der Waals surface area contributed by atoms with Gasteiger partial charge >= 0.3 is 0 Å². The van der Waals surface area contributed by atoms with Crippen molar-refractivity contribution in [3.63, 3.8) is 0 Å². The molecular weight excluding hydrogens is 316 g/mol. The highest BCUT2D eigenvalue weighted by Gasteiger charge is 2.26. The number of benzene rings is 1. The zero-order valence-electron chi connectivity index (χ0n) is 11.3. The van der Waals surface area contributed by atoms with E-state index >= 15 is 0 Å². The molecule has 1 fully saturated rings. The molecule has 0 atom stereocenters. The van der Waals surface area contributed by atoms with Crippen molar-refractivity contribution in [2.75, 3.05) is 12.0 Å². The number of nitrogens with one attached hydrogen (secondary N) is 1. The molecule has 3 N–H and O–H groups in total. The molecule has 1 aromatic carbocycles. The predicted molar refractivity (Wildman–Crippen MR) is 85.7 cm³/mol. The zero-order chi connectivity index (χ0) is 14.8. The largest absolute Gasteiger partial charge is 0.399 e. The van der Waals surface area contributed by atoms with E-state index in [9.17, 15) is 8.42 Å². The number of rotatable bonds is 4. The van der Waals surface area contributed by atoms with Crippen LogP contribution in [0.15, 0.2) is 23.1 Å². The molecule has 2 rings (SSSR count). The van der Waals surface area contributed by atoms with Crippen LogP contribution >= 0.6 is 23.4 Å². The van der Waals surface area contributed by atoms with Crippen LogP contribution in [0, 0.1) is 0 Å². The summed E-state index contributed by atoms with van der Waals surface area (Å²) in [6.45, 7) is 0. The third-order valence-electron chi connectivity index (χ3n) is 3.57. The summed E-state index contributed by atoms with van der Waals surface area (Å²) in [5, 5.41) is 0.811. The molecule has 1 aromatic rings. The first-order valence-corrected chi connectivity index (χ1v) is 9.67. The summed E-state index contributed by atoms with van der Waals surface area (Å²) in [6.07, 6.45) is 5.94. The van der Waals surface area contributed by atoms with E-state index in [0.717, 1.165) is 25.7 Å². The van der Waals surface area contributed by atoms with Crippen LogP contribution in [0.5, 0.6) is 0 Å². The van der Waals surface area contributed by atoms with Gasteiger partial charge in [0.1, 0.15) is 4.90 Å². The molecule has 0 unspecified atom stereocenters. The summed E-state index contributed by atoms with van der Waals surface area (Å²) < 4.78 is 27.4. The Morgan fingerprint density at radius 1 is 1.30 bits per heavy atom. The Labute approximate surface area is 129 Å². The van der Waals surface area contributed by atoms with E-state index in [4.69, 9.17) is 17.3 Å². The van der Waals surface area contributed by atoms with Gasteiger partial charge in [-0.15, -0.1) is 0 Å². The minimum Gasteiger partial charge on any atom is -0.399 e. The zero-order valence-corrected chi connectivity index (χ0v) is 13.7. The highest BCUT2D eigenvalue weighted by atomic mass is 35.5. The third-order valence-corrected chi connectivity index (χ3v) is 6.72. The van der Waals surface area contributed by atoms with Crippen molar-refractivity contribution in [3.05, 3.63) is 23.2 Å². The maximum Gasteiger partial charge on any atom is 0.242 e. The number of sulfonamides is 1. The molecule has 0 amide bonds. The van der Waals surface area contributed by atoms with E-state index in [1.165, 1.54) is 12.1 Å². The normalized spacial score (nSPS) is 23.7. The molecule has 1 aliphatic carbocycles. The van der Waals surface area contributed by atoms with Crippen LogP contribution in [-0.2, 0) is 10.0 Å². The van der Waals surface area contributed by atoms with Gasteiger partial charge in [-0.1, -0.05) is 11.6 Å². The standard InChI is InChI=1S/C13H19ClN2O2S2/c1-19-11-5-3-10(4-6-11)16-20(17,18)13-7-2-9(15)8-12(13)14/h2,7-8,10-11,16H,3-6,15H2,1H3. The second kappa shape index (κ2) is 6.56. The van der Waals surface area contributed by atoms with Gasteiger partial charge in [0.2, 0.25) is 10.0 Å². The molecule has 0 spiro atoms. The molecule has 0 radical (unpaired) electrons. The molecule has 1 saturated carbocycles. The van der Waals surface area contributed by atoms with E-state index in [1.807, 2.05) is 11.8 Å². The number of thioether (sulfide) groups is 1. The molecule has 0 heterocycles. The van der Waals surface area contributed by atoms with Crippen molar-refractivity contribution in [2.24, 2.45) is 0 Å². The molecular formula is C13H19ClN2O2S2. The second-order valence-electron chi connectivity index (χ2n) is 5.02. The Kier molecular flexibility index (Phi) is 5.23. The Morgan fingerprint density at radius 3 is 2.50 bits per heavy atom.